The smallest absolute Gasteiger partial charge is 0.310 e. The van der Waals surface area contributed by atoms with Gasteiger partial charge in [-0.15, -0.1) is 0 Å². The molecule has 3 aromatic rings. The molecule has 0 saturated carbocycles. The fourth-order valence-electron chi connectivity index (χ4n) is 3.56. The van der Waals surface area contributed by atoms with Crippen molar-refractivity contribution in [3.05, 3.63) is 78.4 Å². The lowest BCUT2D eigenvalue weighted by Gasteiger charge is -2.20. The van der Waals surface area contributed by atoms with Crippen LogP contribution in [0.25, 0.3) is 0 Å². The average Bonchev–Trinajstić information content (AvgIpc) is 3.36. The standard InChI is InChI=1S/C26H25N5O4/c1-30-22-16-20(8-5-14-31-15-13-27-18-31)9-10-23(22)35-17-21(26(30)34)29-25(33)24(32)28-12-11-19-6-3-2-4-7-19/h2-4,6-7,9-10,13,15-16,18,21H,11-12,14,17H2,1H3,(H,28,32)(H,29,33)/t21-/m0/s1. The third kappa shape index (κ3) is 6.06. The number of carbonyl (C=O) groups is 3. The molecule has 4 rings (SSSR count). The van der Waals surface area contributed by atoms with Crippen LogP contribution in [-0.4, -0.2) is 53.5 Å². The Bertz CT molecular complexity index is 1260. The van der Waals surface area contributed by atoms with E-state index in [1.807, 2.05) is 41.1 Å². The molecule has 2 N–H and O–H groups in total. The van der Waals surface area contributed by atoms with Crippen LogP contribution in [0.4, 0.5) is 5.69 Å². The minimum Gasteiger partial charge on any atom is -0.489 e. The van der Waals surface area contributed by atoms with Gasteiger partial charge in [0.2, 0.25) is 0 Å². The monoisotopic (exact) mass is 471 g/mol. The Kier molecular flexibility index (Phi) is 7.43. The van der Waals surface area contributed by atoms with E-state index in [0.717, 1.165) is 5.56 Å². The number of aromatic nitrogens is 2. The van der Waals surface area contributed by atoms with Crippen LogP contribution in [-0.2, 0) is 27.3 Å². The summed E-state index contributed by atoms with van der Waals surface area (Å²) < 4.78 is 7.62. The molecule has 1 aliphatic rings. The van der Waals surface area contributed by atoms with Crippen molar-refractivity contribution in [1.82, 2.24) is 20.2 Å². The highest BCUT2D eigenvalue weighted by atomic mass is 16.5. The van der Waals surface area contributed by atoms with Crippen LogP contribution < -0.4 is 20.3 Å². The number of likely N-dealkylation sites (N-methyl/N-ethyl adjacent to an activating group) is 1. The Hall–Kier alpha value is -4.58. The molecular weight excluding hydrogens is 446 g/mol. The molecule has 0 aliphatic carbocycles. The van der Waals surface area contributed by atoms with Gasteiger partial charge in [0.25, 0.3) is 5.91 Å². The van der Waals surface area contributed by atoms with Gasteiger partial charge in [-0.3, -0.25) is 14.4 Å². The number of rotatable bonds is 5. The fraction of sp³-hybridized carbons (Fsp3) is 0.231. The van der Waals surface area contributed by atoms with Crippen LogP contribution in [0.3, 0.4) is 0 Å². The largest absolute Gasteiger partial charge is 0.489 e. The maximum atomic E-state index is 13.0. The predicted octanol–water partition coefficient (Wildman–Crippen LogP) is 1.13. The van der Waals surface area contributed by atoms with Crippen molar-refractivity contribution in [2.45, 2.75) is 19.0 Å². The Balaban J connectivity index is 1.35. The zero-order chi connectivity index (χ0) is 24.6. The number of benzene rings is 2. The molecule has 1 aromatic heterocycles. The summed E-state index contributed by atoms with van der Waals surface area (Å²) in [5.41, 5.74) is 2.30. The number of fused-ring (bicyclic) bond motifs is 1. The van der Waals surface area contributed by atoms with E-state index in [1.165, 1.54) is 4.90 Å². The van der Waals surface area contributed by atoms with Gasteiger partial charge in [0, 0.05) is 31.5 Å². The maximum absolute atomic E-state index is 13.0. The summed E-state index contributed by atoms with van der Waals surface area (Å²) in [4.78, 5) is 43.0. The van der Waals surface area contributed by atoms with Crippen LogP contribution in [0, 0.1) is 11.8 Å². The van der Waals surface area contributed by atoms with Crippen LogP contribution in [0.1, 0.15) is 11.1 Å². The van der Waals surface area contributed by atoms with Crippen molar-refractivity contribution in [2.75, 3.05) is 25.1 Å². The van der Waals surface area contributed by atoms with E-state index in [4.69, 9.17) is 4.74 Å². The molecule has 0 unspecified atom stereocenters. The summed E-state index contributed by atoms with van der Waals surface area (Å²) in [6.45, 7) is 0.704. The lowest BCUT2D eigenvalue weighted by molar-refractivity contribution is -0.140. The zero-order valence-corrected chi connectivity index (χ0v) is 19.2. The molecule has 0 radical (unpaired) electrons. The highest BCUT2D eigenvalue weighted by molar-refractivity contribution is 6.35. The second-order valence-corrected chi connectivity index (χ2v) is 7.95. The van der Waals surface area contributed by atoms with E-state index >= 15 is 0 Å². The summed E-state index contributed by atoms with van der Waals surface area (Å²) in [5.74, 6) is 4.54. The molecule has 1 atom stereocenters. The number of hydrogen-bond acceptors (Lipinski definition) is 5. The van der Waals surface area contributed by atoms with Crippen LogP contribution in [0.5, 0.6) is 5.75 Å². The van der Waals surface area contributed by atoms with Gasteiger partial charge in [0.1, 0.15) is 18.4 Å². The van der Waals surface area contributed by atoms with E-state index in [2.05, 4.69) is 27.5 Å². The summed E-state index contributed by atoms with van der Waals surface area (Å²) in [7, 11) is 1.59. The van der Waals surface area contributed by atoms with Crippen molar-refractivity contribution in [3.8, 4) is 17.6 Å². The van der Waals surface area contributed by atoms with Gasteiger partial charge in [0.05, 0.1) is 18.6 Å². The van der Waals surface area contributed by atoms with Crippen LogP contribution in [0.15, 0.2) is 67.3 Å². The lowest BCUT2D eigenvalue weighted by atomic mass is 10.1. The number of ether oxygens (including phenoxy) is 1. The molecule has 9 heteroatoms. The first-order valence-corrected chi connectivity index (χ1v) is 11.1. The molecule has 0 spiro atoms. The first kappa shape index (κ1) is 23.6. The summed E-state index contributed by atoms with van der Waals surface area (Å²) in [6, 6.07) is 13.9. The van der Waals surface area contributed by atoms with Gasteiger partial charge in [-0.2, -0.15) is 0 Å². The molecule has 0 bridgehead atoms. The summed E-state index contributed by atoms with van der Waals surface area (Å²) >= 11 is 0. The molecule has 1 aliphatic heterocycles. The topological polar surface area (TPSA) is 106 Å². The third-order valence-electron chi connectivity index (χ3n) is 5.46. The SMILES string of the molecule is CN1C(=O)[C@@H](NC(=O)C(=O)NCCc2ccccc2)COc2ccc(C#CCn3ccnc3)cc21. The van der Waals surface area contributed by atoms with Crippen molar-refractivity contribution in [2.24, 2.45) is 0 Å². The van der Waals surface area contributed by atoms with Gasteiger partial charge >= 0.3 is 11.8 Å². The van der Waals surface area contributed by atoms with Crippen molar-refractivity contribution < 1.29 is 19.1 Å². The Morgan fingerprint density at radius 1 is 1.17 bits per heavy atom. The maximum Gasteiger partial charge on any atom is 0.310 e. The highest BCUT2D eigenvalue weighted by Crippen LogP contribution is 2.31. The van der Waals surface area contributed by atoms with Gasteiger partial charge in [-0.05, 0) is 30.2 Å². The molecule has 2 aromatic carbocycles. The zero-order valence-electron chi connectivity index (χ0n) is 19.2. The highest BCUT2D eigenvalue weighted by Gasteiger charge is 2.32. The minimum atomic E-state index is -1.00. The number of anilines is 1. The summed E-state index contributed by atoms with van der Waals surface area (Å²) in [5, 5.41) is 5.06. The molecule has 9 nitrogen and oxygen atoms in total. The number of carbonyl (C=O) groups excluding carboxylic acids is 3. The first-order chi connectivity index (χ1) is 17.0. The average molecular weight is 472 g/mol. The van der Waals surface area contributed by atoms with Crippen molar-refractivity contribution >= 4 is 23.4 Å². The Labute approximate surface area is 203 Å². The number of amides is 3. The predicted molar refractivity (Wildman–Crippen MR) is 130 cm³/mol. The molecule has 0 saturated heterocycles. The van der Waals surface area contributed by atoms with Gasteiger partial charge < -0.3 is 24.8 Å². The van der Waals surface area contributed by atoms with E-state index in [-0.39, 0.29) is 6.61 Å². The second-order valence-electron chi connectivity index (χ2n) is 7.95. The van der Waals surface area contributed by atoms with Crippen LogP contribution >= 0.6 is 0 Å². The number of nitrogens with zero attached hydrogens (tertiary/aromatic N) is 3. The first-order valence-electron chi connectivity index (χ1n) is 11.1. The lowest BCUT2D eigenvalue weighted by Crippen LogP contribution is -2.53. The number of nitrogens with one attached hydrogen (secondary N) is 2. The molecule has 0 fully saturated rings. The van der Waals surface area contributed by atoms with Gasteiger partial charge in [-0.1, -0.05) is 42.2 Å². The van der Waals surface area contributed by atoms with E-state index in [1.54, 1.807) is 37.8 Å². The van der Waals surface area contributed by atoms with E-state index < -0.39 is 23.8 Å². The molecular formula is C26H25N5O4. The minimum absolute atomic E-state index is 0.0924. The number of imidazole rings is 1. The number of hydrogen-bond donors (Lipinski definition) is 2. The Morgan fingerprint density at radius 2 is 2.00 bits per heavy atom. The second kappa shape index (κ2) is 11.0. The third-order valence-corrected chi connectivity index (χ3v) is 5.46. The van der Waals surface area contributed by atoms with E-state index in [9.17, 15) is 14.4 Å². The molecule has 178 valence electrons. The van der Waals surface area contributed by atoms with Crippen molar-refractivity contribution in [1.29, 1.82) is 0 Å². The van der Waals surface area contributed by atoms with Gasteiger partial charge in [0.15, 0.2) is 0 Å². The van der Waals surface area contributed by atoms with Crippen molar-refractivity contribution in [3.63, 3.8) is 0 Å². The molecule has 35 heavy (non-hydrogen) atoms. The van der Waals surface area contributed by atoms with E-state index in [0.29, 0.717) is 36.5 Å². The Morgan fingerprint density at radius 3 is 2.77 bits per heavy atom. The summed E-state index contributed by atoms with van der Waals surface area (Å²) in [6.07, 6.45) is 5.79. The van der Waals surface area contributed by atoms with Gasteiger partial charge in [-0.25, -0.2) is 4.98 Å². The normalized spacial score (nSPS) is 14.6. The quantitative estimate of drug-likeness (QED) is 0.429. The van der Waals surface area contributed by atoms with Crippen LogP contribution in [0.2, 0.25) is 0 Å². The fourth-order valence-corrected chi connectivity index (χ4v) is 3.56. The molecule has 3 amide bonds. The molecule has 2 heterocycles.